The zero-order valence-electron chi connectivity index (χ0n) is 14.2. The van der Waals surface area contributed by atoms with Gasteiger partial charge in [0.05, 0.1) is 19.6 Å². The molecule has 0 aliphatic carbocycles. The maximum Gasteiger partial charge on any atom is 0.225 e. The highest BCUT2D eigenvalue weighted by Gasteiger charge is 2.25. The average molecular weight is 320 g/mol. The van der Waals surface area contributed by atoms with E-state index in [1.165, 1.54) is 5.56 Å². The van der Waals surface area contributed by atoms with Gasteiger partial charge in [0, 0.05) is 26.7 Å². The summed E-state index contributed by atoms with van der Waals surface area (Å²) in [5, 5.41) is 0. The maximum atomic E-state index is 12.3. The van der Waals surface area contributed by atoms with E-state index in [0.29, 0.717) is 18.9 Å². The van der Waals surface area contributed by atoms with Crippen molar-refractivity contribution in [3.05, 3.63) is 29.8 Å². The van der Waals surface area contributed by atoms with Crippen LogP contribution in [0.15, 0.2) is 24.3 Å². The van der Waals surface area contributed by atoms with Crippen LogP contribution in [-0.4, -0.2) is 50.8 Å². The van der Waals surface area contributed by atoms with Gasteiger partial charge < -0.3 is 20.1 Å². The molecule has 1 fully saturated rings. The lowest BCUT2D eigenvalue weighted by molar-refractivity contribution is -0.135. The first-order chi connectivity index (χ1) is 11.2. The van der Waals surface area contributed by atoms with Gasteiger partial charge >= 0.3 is 0 Å². The Labute approximate surface area is 138 Å². The molecule has 0 saturated carbocycles. The Hall–Kier alpha value is -1.59. The number of ether oxygens (including phenoxy) is 2. The SMILES string of the molecule is COc1ccccc1CC1CCN(C(=O)CC(CN)OC)CC1. The molecule has 128 valence electrons. The van der Waals surface area contributed by atoms with Crippen molar-refractivity contribution in [1.29, 1.82) is 0 Å². The molecule has 0 radical (unpaired) electrons. The van der Waals surface area contributed by atoms with Crippen LogP contribution in [0.1, 0.15) is 24.8 Å². The first-order valence-corrected chi connectivity index (χ1v) is 8.30. The Balaban J connectivity index is 1.83. The summed E-state index contributed by atoms with van der Waals surface area (Å²) in [5.41, 5.74) is 6.84. The molecular weight excluding hydrogens is 292 g/mol. The van der Waals surface area contributed by atoms with E-state index in [9.17, 15) is 4.79 Å². The third kappa shape index (κ3) is 4.94. The minimum atomic E-state index is -0.172. The third-order valence-corrected chi connectivity index (χ3v) is 4.67. The molecule has 0 spiro atoms. The number of carbonyl (C=O) groups excluding carboxylic acids is 1. The molecule has 1 heterocycles. The van der Waals surface area contributed by atoms with Gasteiger partial charge in [0.1, 0.15) is 5.75 Å². The normalized spacial score (nSPS) is 17.1. The quantitative estimate of drug-likeness (QED) is 0.832. The zero-order valence-corrected chi connectivity index (χ0v) is 14.2. The van der Waals surface area contributed by atoms with Crippen molar-refractivity contribution in [2.24, 2.45) is 11.7 Å². The number of benzene rings is 1. The van der Waals surface area contributed by atoms with E-state index in [-0.39, 0.29) is 12.0 Å². The van der Waals surface area contributed by atoms with Gasteiger partial charge in [-0.05, 0) is 36.8 Å². The molecular formula is C18H28N2O3. The number of carbonyl (C=O) groups is 1. The van der Waals surface area contributed by atoms with E-state index in [1.54, 1.807) is 14.2 Å². The molecule has 5 nitrogen and oxygen atoms in total. The lowest BCUT2D eigenvalue weighted by Crippen LogP contribution is -2.41. The predicted octanol–water partition coefficient (Wildman–Crippen LogP) is 1.84. The van der Waals surface area contributed by atoms with Gasteiger partial charge in [0.2, 0.25) is 5.91 Å². The Morgan fingerprint density at radius 1 is 1.30 bits per heavy atom. The van der Waals surface area contributed by atoms with Gasteiger partial charge in [0.15, 0.2) is 0 Å². The van der Waals surface area contributed by atoms with Gasteiger partial charge in [-0.15, -0.1) is 0 Å². The van der Waals surface area contributed by atoms with Gasteiger partial charge in [-0.2, -0.15) is 0 Å². The number of para-hydroxylation sites is 1. The number of nitrogens with two attached hydrogens (primary N) is 1. The van der Waals surface area contributed by atoms with E-state index in [0.717, 1.165) is 38.1 Å². The predicted molar refractivity (Wildman–Crippen MR) is 90.5 cm³/mol. The van der Waals surface area contributed by atoms with Crippen molar-refractivity contribution in [2.45, 2.75) is 31.8 Å². The number of rotatable bonds is 7. The third-order valence-electron chi connectivity index (χ3n) is 4.67. The number of likely N-dealkylation sites (tertiary alicyclic amines) is 1. The number of amides is 1. The summed E-state index contributed by atoms with van der Waals surface area (Å²) in [6.45, 7) is 2.02. The molecule has 1 aliphatic heterocycles. The summed E-state index contributed by atoms with van der Waals surface area (Å²) in [4.78, 5) is 14.2. The van der Waals surface area contributed by atoms with Crippen LogP contribution in [0, 0.1) is 5.92 Å². The summed E-state index contributed by atoms with van der Waals surface area (Å²) in [6, 6.07) is 8.17. The minimum Gasteiger partial charge on any atom is -0.496 e. The highest BCUT2D eigenvalue weighted by molar-refractivity contribution is 5.76. The highest BCUT2D eigenvalue weighted by atomic mass is 16.5. The summed E-state index contributed by atoms with van der Waals surface area (Å²) >= 11 is 0. The van der Waals surface area contributed by atoms with E-state index in [2.05, 4.69) is 6.07 Å². The van der Waals surface area contributed by atoms with Crippen LogP contribution in [0.5, 0.6) is 5.75 Å². The molecule has 23 heavy (non-hydrogen) atoms. The molecule has 1 atom stereocenters. The Morgan fingerprint density at radius 2 is 2.00 bits per heavy atom. The molecule has 1 aromatic rings. The highest BCUT2D eigenvalue weighted by Crippen LogP contribution is 2.26. The van der Waals surface area contributed by atoms with Crippen LogP contribution in [0.4, 0.5) is 0 Å². The zero-order chi connectivity index (χ0) is 16.7. The van der Waals surface area contributed by atoms with Crippen molar-refractivity contribution in [3.63, 3.8) is 0 Å². The number of piperidine rings is 1. The molecule has 1 amide bonds. The largest absolute Gasteiger partial charge is 0.496 e. The molecule has 2 N–H and O–H groups in total. The van der Waals surface area contributed by atoms with Crippen LogP contribution in [0.25, 0.3) is 0 Å². The minimum absolute atomic E-state index is 0.151. The van der Waals surface area contributed by atoms with E-state index < -0.39 is 0 Å². The molecule has 1 unspecified atom stereocenters. The van der Waals surface area contributed by atoms with Crippen LogP contribution in [0.3, 0.4) is 0 Å². The van der Waals surface area contributed by atoms with E-state index in [4.69, 9.17) is 15.2 Å². The standard InChI is InChI=1S/C18H28N2O3/c1-22-16(13-19)12-18(21)20-9-7-14(8-10-20)11-15-5-3-4-6-17(15)23-2/h3-6,14,16H,7-13,19H2,1-2H3. The molecule has 5 heteroatoms. The topological polar surface area (TPSA) is 64.8 Å². The second kappa shape index (κ2) is 8.89. The monoisotopic (exact) mass is 320 g/mol. The Kier molecular flexibility index (Phi) is 6.86. The van der Waals surface area contributed by atoms with Crippen molar-refractivity contribution in [1.82, 2.24) is 4.90 Å². The second-order valence-corrected chi connectivity index (χ2v) is 6.14. The fraction of sp³-hybridized carbons (Fsp3) is 0.611. The Morgan fingerprint density at radius 3 is 2.61 bits per heavy atom. The van der Waals surface area contributed by atoms with Gasteiger partial charge in [-0.3, -0.25) is 4.79 Å². The summed E-state index contributed by atoms with van der Waals surface area (Å²) < 4.78 is 10.6. The lowest BCUT2D eigenvalue weighted by atomic mass is 9.89. The number of hydrogen-bond donors (Lipinski definition) is 1. The molecule has 1 aromatic carbocycles. The van der Waals surface area contributed by atoms with Crippen LogP contribution in [0.2, 0.25) is 0 Å². The average Bonchev–Trinajstić information content (AvgIpc) is 2.60. The Bertz CT molecular complexity index is 495. The maximum absolute atomic E-state index is 12.3. The molecule has 1 saturated heterocycles. The van der Waals surface area contributed by atoms with Gasteiger partial charge in [0.25, 0.3) is 0 Å². The van der Waals surface area contributed by atoms with Crippen LogP contribution >= 0.6 is 0 Å². The fourth-order valence-electron chi connectivity index (χ4n) is 3.16. The molecule has 1 aliphatic rings. The first-order valence-electron chi connectivity index (χ1n) is 8.30. The summed E-state index contributed by atoms with van der Waals surface area (Å²) in [6.07, 6.45) is 3.28. The van der Waals surface area contributed by atoms with E-state index >= 15 is 0 Å². The first kappa shape index (κ1) is 17.8. The smallest absolute Gasteiger partial charge is 0.225 e. The second-order valence-electron chi connectivity index (χ2n) is 6.14. The lowest BCUT2D eigenvalue weighted by Gasteiger charge is -2.33. The van der Waals surface area contributed by atoms with Gasteiger partial charge in [-0.1, -0.05) is 18.2 Å². The summed E-state index contributed by atoms with van der Waals surface area (Å²) in [7, 11) is 3.31. The van der Waals surface area contributed by atoms with Crippen LogP contribution in [-0.2, 0) is 16.0 Å². The summed E-state index contributed by atoms with van der Waals surface area (Å²) in [5.74, 6) is 1.71. The number of hydrogen-bond acceptors (Lipinski definition) is 4. The molecule has 2 rings (SSSR count). The van der Waals surface area contributed by atoms with Crippen molar-refractivity contribution < 1.29 is 14.3 Å². The van der Waals surface area contributed by atoms with Gasteiger partial charge in [-0.25, -0.2) is 0 Å². The van der Waals surface area contributed by atoms with E-state index in [1.807, 2.05) is 23.1 Å². The number of nitrogens with zero attached hydrogens (tertiary/aromatic N) is 1. The fourth-order valence-corrected chi connectivity index (χ4v) is 3.16. The van der Waals surface area contributed by atoms with Crippen LogP contribution < -0.4 is 10.5 Å². The molecule has 0 aromatic heterocycles. The van der Waals surface area contributed by atoms with Crippen molar-refractivity contribution in [2.75, 3.05) is 33.9 Å². The number of methoxy groups -OCH3 is 2. The van der Waals surface area contributed by atoms with Crippen molar-refractivity contribution >= 4 is 5.91 Å². The molecule has 0 bridgehead atoms. The van der Waals surface area contributed by atoms with Crippen molar-refractivity contribution in [3.8, 4) is 5.75 Å².